The number of carbonyl (C=O) groups is 1. The van der Waals surface area contributed by atoms with E-state index in [0.717, 1.165) is 70.4 Å². The van der Waals surface area contributed by atoms with Crippen molar-refractivity contribution in [3.8, 4) is 0 Å². The molecule has 29 heavy (non-hydrogen) atoms. The first-order valence-electron chi connectivity index (χ1n) is 10.5. The summed E-state index contributed by atoms with van der Waals surface area (Å²) in [7, 11) is 1.79. The molecule has 0 radical (unpaired) electrons. The van der Waals surface area contributed by atoms with Crippen LogP contribution in [-0.2, 0) is 4.79 Å². The number of guanidine groups is 1. The summed E-state index contributed by atoms with van der Waals surface area (Å²) in [5.41, 5.74) is 0. The van der Waals surface area contributed by atoms with E-state index >= 15 is 0 Å². The third-order valence-electron chi connectivity index (χ3n) is 5.43. The lowest BCUT2D eigenvalue weighted by atomic mass is 10.1. The van der Waals surface area contributed by atoms with Gasteiger partial charge in [-0.1, -0.05) is 12.1 Å². The standard InChI is InChI=1S/C21H32FN5OS/c1-23-21(24-9-16-29-19-8-4-3-7-18(19)22)27-14-12-25(13-15-27)17-20(28)26-10-5-2-6-11-26/h3-4,7-8H,2,5-6,9-17H2,1H3,(H,23,24). The lowest BCUT2D eigenvalue weighted by Crippen LogP contribution is -2.54. The predicted molar refractivity (Wildman–Crippen MR) is 117 cm³/mol. The van der Waals surface area contributed by atoms with Gasteiger partial charge in [0, 0.05) is 63.5 Å². The van der Waals surface area contributed by atoms with Crippen molar-refractivity contribution in [1.29, 1.82) is 0 Å². The highest BCUT2D eigenvalue weighted by atomic mass is 32.2. The average molecular weight is 422 g/mol. The molecule has 1 N–H and O–H groups in total. The minimum Gasteiger partial charge on any atom is -0.355 e. The molecule has 0 aliphatic carbocycles. The first-order valence-corrected chi connectivity index (χ1v) is 11.5. The number of hydrogen-bond acceptors (Lipinski definition) is 4. The van der Waals surface area contributed by atoms with Gasteiger partial charge in [0.15, 0.2) is 5.96 Å². The average Bonchev–Trinajstić information content (AvgIpc) is 2.76. The summed E-state index contributed by atoms with van der Waals surface area (Å²) in [4.78, 5) is 24.0. The van der Waals surface area contributed by atoms with E-state index in [1.807, 2.05) is 11.0 Å². The van der Waals surface area contributed by atoms with E-state index in [1.165, 1.54) is 24.2 Å². The third-order valence-corrected chi connectivity index (χ3v) is 6.48. The number of amides is 1. The molecule has 0 spiro atoms. The molecule has 1 amide bonds. The zero-order valence-electron chi connectivity index (χ0n) is 17.3. The second-order valence-corrected chi connectivity index (χ2v) is 8.59. The lowest BCUT2D eigenvalue weighted by Gasteiger charge is -2.37. The lowest BCUT2D eigenvalue weighted by molar-refractivity contribution is -0.133. The van der Waals surface area contributed by atoms with Gasteiger partial charge in [-0.15, -0.1) is 11.8 Å². The molecule has 6 nitrogen and oxygen atoms in total. The number of benzene rings is 1. The van der Waals surface area contributed by atoms with Crippen LogP contribution in [0.3, 0.4) is 0 Å². The van der Waals surface area contributed by atoms with E-state index in [4.69, 9.17) is 0 Å². The van der Waals surface area contributed by atoms with Crippen LogP contribution in [0, 0.1) is 5.82 Å². The molecule has 1 aromatic rings. The number of nitrogens with one attached hydrogen (secondary N) is 1. The van der Waals surface area contributed by atoms with Gasteiger partial charge in [0.1, 0.15) is 5.82 Å². The quantitative estimate of drug-likeness (QED) is 0.330. The summed E-state index contributed by atoms with van der Waals surface area (Å²) in [5, 5.41) is 3.38. The summed E-state index contributed by atoms with van der Waals surface area (Å²) in [6, 6.07) is 6.86. The van der Waals surface area contributed by atoms with Crippen molar-refractivity contribution in [3.63, 3.8) is 0 Å². The molecule has 0 aromatic heterocycles. The highest BCUT2D eigenvalue weighted by Gasteiger charge is 2.23. The van der Waals surface area contributed by atoms with Crippen LogP contribution in [0.1, 0.15) is 19.3 Å². The molecule has 0 saturated carbocycles. The molecule has 160 valence electrons. The fraction of sp³-hybridized carbons (Fsp3) is 0.619. The van der Waals surface area contributed by atoms with E-state index in [9.17, 15) is 9.18 Å². The Kier molecular flexibility index (Phi) is 8.61. The zero-order valence-corrected chi connectivity index (χ0v) is 18.1. The van der Waals surface area contributed by atoms with Gasteiger partial charge in [-0.2, -0.15) is 0 Å². The largest absolute Gasteiger partial charge is 0.355 e. The SMILES string of the molecule is CN=C(NCCSc1ccccc1F)N1CCN(CC(=O)N2CCCCC2)CC1. The van der Waals surface area contributed by atoms with E-state index in [-0.39, 0.29) is 11.7 Å². The smallest absolute Gasteiger partial charge is 0.236 e. The van der Waals surface area contributed by atoms with Crippen LogP contribution < -0.4 is 5.32 Å². The van der Waals surface area contributed by atoms with Crippen LogP contribution in [0.2, 0.25) is 0 Å². The minimum atomic E-state index is -0.169. The topological polar surface area (TPSA) is 51.2 Å². The van der Waals surface area contributed by atoms with Gasteiger partial charge in [0.25, 0.3) is 0 Å². The van der Waals surface area contributed by atoms with E-state index < -0.39 is 0 Å². The van der Waals surface area contributed by atoms with Crippen LogP contribution >= 0.6 is 11.8 Å². The van der Waals surface area contributed by atoms with Crippen molar-refractivity contribution in [2.45, 2.75) is 24.2 Å². The van der Waals surface area contributed by atoms with Crippen LogP contribution in [0.15, 0.2) is 34.2 Å². The van der Waals surface area contributed by atoms with Crippen molar-refractivity contribution in [3.05, 3.63) is 30.1 Å². The van der Waals surface area contributed by atoms with Gasteiger partial charge in [0.05, 0.1) is 6.54 Å². The number of rotatable bonds is 6. The Labute approximate surface area is 177 Å². The van der Waals surface area contributed by atoms with Gasteiger partial charge in [0.2, 0.25) is 5.91 Å². The number of hydrogen-bond donors (Lipinski definition) is 1. The Bertz CT molecular complexity index is 687. The van der Waals surface area contributed by atoms with Gasteiger partial charge >= 0.3 is 0 Å². The van der Waals surface area contributed by atoms with Crippen LogP contribution in [-0.4, -0.2) is 91.7 Å². The first kappa shape index (κ1) is 21.9. The number of aliphatic imine (C=N–C) groups is 1. The summed E-state index contributed by atoms with van der Waals surface area (Å²) < 4.78 is 13.7. The van der Waals surface area contributed by atoms with Crippen molar-refractivity contribution in [1.82, 2.24) is 20.0 Å². The number of thioether (sulfide) groups is 1. The fourth-order valence-electron chi connectivity index (χ4n) is 3.77. The van der Waals surface area contributed by atoms with Gasteiger partial charge in [-0.3, -0.25) is 14.7 Å². The first-order chi connectivity index (χ1) is 14.2. The maximum absolute atomic E-state index is 13.7. The molecular formula is C21H32FN5OS. The van der Waals surface area contributed by atoms with E-state index in [2.05, 4.69) is 20.1 Å². The zero-order chi connectivity index (χ0) is 20.5. The highest BCUT2D eigenvalue weighted by Crippen LogP contribution is 2.20. The highest BCUT2D eigenvalue weighted by molar-refractivity contribution is 7.99. The summed E-state index contributed by atoms with van der Waals surface area (Å²) in [5.74, 6) is 1.74. The van der Waals surface area contributed by atoms with Crippen molar-refractivity contribution >= 4 is 23.6 Å². The molecule has 2 aliphatic heterocycles. The molecule has 0 atom stereocenters. The van der Waals surface area contributed by atoms with Crippen LogP contribution in [0.5, 0.6) is 0 Å². The summed E-state index contributed by atoms with van der Waals surface area (Å²) >= 11 is 1.51. The number of carbonyl (C=O) groups excluding carboxylic acids is 1. The third kappa shape index (κ3) is 6.60. The Hall–Kier alpha value is -1.80. The van der Waals surface area contributed by atoms with E-state index in [0.29, 0.717) is 11.4 Å². The second kappa shape index (κ2) is 11.4. The molecular weight excluding hydrogens is 389 g/mol. The van der Waals surface area contributed by atoms with Crippen molar-refractivity contribution < 1.29 is 9.18 Å². The van der Waals surface area contributed by atoms with Gasteiger partial charge in [-0.25, -0.2) is 4.39 Å². The molecule has 2 saturated heterocycles. The summed E-state index contributed by atoms with van der Waals surface area (Å²) in [6.45, 7) is 6.52. The number of piperazine rings is 1. The van der Waals surface area contributed by atoms with Crippen LogP contribution in [0.4, 0.5) is 4.39 Å². The molecule has 2 fully saturated rings. The number of likely N-dealkylation sites (tertiary alicyclic amines) is 1. The number of halogens is 1. The Morgan fingerprint density at radius 2 is 1.79 bits per heavy atom. The molecule has 2 heterocycles. The monoisotopic (exact) mass is 421 g/mol. The summed E-state index contributed by atoms with van der Waals surface area (Å²) in [6.07, 6.45) is 3.51. The van der Waals surface area contributed by atoms with Gasteiger partial charge in [-0.05, 0) is 31.4 Å². The minimum absolute atomic E-state index is 0.169. The molecule has 8 heteroatoms. The Morgan fingerprint density at radius 3 is 2.48 bits per heavy atom. The maximum atomic E-state index is 13.7. The molecule has 0 unspecified atom stereocenters. The van der Waals surface area contributed by atoms with E-state index in [1.54, 1.807) is 19.2 Å². The predicted octanol–water partition coefficient (Wildman–Crippen LogP) is 2.12. The van der Waals surface area contributed by atoms with Crippen LogP contribution in [0.25, 0.3) is 0 Å². The molecule has 1 aromatic carbocycles. The molecule has 2 aliphatic rings. The van der Waals surface area contributed by atoms with Gasteiger partial charge < -0.3 is 15.1 Å². The fourth-order valence-corrected chi connectivity index (χ4v) is 4.58. The second-order valence-electron chi connectivity index (χ2n) is 7.46. The maximum Gasteiger partial charge on any atom is 0.236 e. The number of piperidine rings is 1. The number of nitrogens with zero attached hydrogens (tertiary/aromatic N) is 4. The normalized spacial score (nSPS) is 18.8. The molecule has 3 rings (SSSR count). The van der Waals surface area contributed by atoms with Crippen molar-refractivity contribution in [2.75, 3.05) is 65.2 Å². The molecule has 0 bridgehead atoms. The van der Waals surface area contributed by atoms with Crippen molar-refractivity contribution in [2.24, 2.45) is 4.99 Å². The Morgan fingerprint density at radius 1 is 1.07 bits per heavy atom. The Balaban J connectivity index is 1.36.